The quantitative estimate of drug-likeness (QED) is 0.656. The standard InChI is InChI=1S/C19H20F3N7/c1-27-17-13(9-25-27)18(24-11-23-17)29-8-6-12-5-7-28(10-14(12)29)16-4-2-3-15(26-16)19(20,21)22/h2-4,9,11-12,14H,5-8,10H2,1H3. The second-order valence-corrected chi connectivity index (χ2v) is 7.63. The third-order valence-corrected chi connectivity index (χ3v) is 5.99. The van der Waals surface area contributed by atoms with Gasteiger partial charge in [-0.1, -0.05) is 6.07 Å². The van der Waals surface area contributed by atoms with Crippen LogP contribution in [0.1, 0.15) is 18.5 Å². The molecular weight excluding hydrogens is 383 g/mol. The molecular formula is C19H20F3N7. The highest BCUT2D eigenvalue weighted by Gasteiger charge is 2.40. The van der Waals surface area contributed by atoms with Gasteiger partial charge in [-0.15, -0.1) is 0 Å². The van der Waals surface area contributed by atoms with Gasteiger partial charge in [-0.25, -0.2) is 15.0 Å². The summed E-state index contributed by atoms with van der Waals surface area (Å²) in [6.45, 7) is 2.18. The molecule has 7 nitrogen and oxygen atoms in total. The van der Waals surface area contributed by atoms with Gasteiger partial charge in [0.1, 0.15) is 23.7 Å². The average Bonchev–Trinajstić information content (AvgIpc) is 3.31. The maximum absolute atomic E-state index is 13.1. The summed E-state index contributed by atoms with van der Waals surface area (Å²) in [4.78, 5) is 16.9. The first kappa shape index (κ1) is 18.1. The Morgan fingerprint density at radius 1 is 1.10 bits per heavy atom. The molecule has 5 heterocycles. The van der Waals surface area contributed by atoms with Crippen molar-refractivity contribution in [1.29, 1.82) is 0 Å². The fraction of sp³-hybridized carbons (Fsp3) is 0.474. The van der Waals surface area contributed by atoms with E-state index < -0.39 is 11.9 Å². The molecule has 0 radical (unpaired) electrons. The zero-order valence-corrected chi connectivity index (χ0v) is 15.8. The fourth-order valence-corrected chi connectivity index (χ4v) is 4.55. The van der Waals surface area contributed by atoms with Gasteiger partial charge >= 0.3 is 6.18 Å². The summed E-state index contributed by atoms with van der Waals surface area (Å²) in [7, 11) is 1.84. The predicted molar refractivity (Wildman–Crippen MR) is 102 cm³/mol. The van der Waals surface area contributed by atoms with Crippen LogP contribution in [0.15, 0.2) is 30.7 Å². The number of pyridine rings is 1. The number of rotatable bonds is 2. The molecule has 152 valence electrons. The van der Waals surface area contributed by atoms with Crippen molar-refractivity contribution in [3.05, 3.63) is 36.4 Å². The van der Waals surface area contributed by atoms with Crippen LogP contribution >= 0.6 is 0 Å². The Morgan fingerprint density at radius 3 is 2.76 bits per heavy atom. The molecule has 2 atom stereocenters. The van der Waals surface area contributed by atoms with Gasteiger partial charge in [-0.05, 0) is 30.9 Å². The summed E-state index contributed by atoms with van der Waals surface area (Å²) in [5, 5.41) is 5.18. The van der Waals surface area contributed by atoms with Crippen LogP contribution in [0.5, 0.6) is 0 Å². The summed E-state index contributed by atoms with van der Waals surface area (Å²) in [5.74, 6) is 1.70. The number of halogens is 3. The Balaban J connectivity index is 1.45. The molecule has 0 bridgehead atoms. The topological polar surface area (TPSA) is 63.0 Å². The number of alkyl halides is 3. The molecule has 2 unspecified atom stereocenters. The molecule has 3 aromatic heterocycles. The number of aromatic nitrogens is 5. The second kappa shape index (κ2) is 6.57. The monoisotopic (exact) mass is 403 g/mol. The van der Waals surface area contributed by atoms with Crippen molar-refractivity contribution in [2.75, 3.05) is 29.4 Å². The van der Waals surface area contributed by atoms with Crippen molar-refractivity contribution in [1.82, 2.24) is 24.7 Å². The van der Waals surface area contributed by atoms with E-state index >= 15 is 0 Å². The Bertz CT molecular complexity index is 1050. The Kier molecular flexibility index (Phi) is 4.11. The smallest absolute Gasteiger partial charge is 0.355 e. The van der Waals surface area contributed by atoms with Crippen LogP contribution < -0.4 is 9.80 Å². The lowest BCUT2D eigenvalue weighted by atomic mass is 9.92. The van der Waals surface area contributed by atoms with E-state index in [-0.39, 0.29) is 6.04 Å². The van der Waals surface area contributed by atoms with Crippen LogP contribution in [0.4, 0.5) is 24.8 Å². The highest BCUT2D eigenvalue weighted by molar-refractivity contribution is 5.87. The summed E-state index contributed by atoms with van der Waals surface area (Å²) in [6, 6.07) is 4.25. The molecule has 0 aromatic carbocycles. The number of piperidine rings is 1. The maximum atomic E-state index is 13.1. The second-order valence-electron chi connectivity index (χ2n) is 7.63. The van der Waals surface area contributed by atoms with E-state index in [4.69, 9.17) is 0 Å². The van der Waals surface area contributed by atoms with Crippen LogP contribution in [0.25, 0.3) is 11.0 Å². The summed E-state index contributed by atoms with van der Waals surface area (Å²) in [6.07, 6.45) is 0.829. The molecule has 0 aliphatic carbocycles. The lowest BCUT2D eigenvalue weighted by Crippen LogP contribution is -2.49. The molecule has 0 N–H and O–H groups in total. The largest absolute Gasteiger partial charge is 0.433 e. The number of hydrogen-bond donors (Lipinski definition) is 0. The van der Waals surface area contributed by atoms with E-state index in [1.54, 1.807) is 23.3 Å². The van der Waals surface area contributed by atoms with E-state index in [1.165, 1.54) is 6.07 Å². The van der Waals surface area contributed by atoms with Gasteiger partial charge in [0.15, 0.2) is 5.65 Å². The zero-order valence-electron chi connectivity index (χ0n) is 15.8. The fourth-order valence-electron chi connectivity index (χ4n) is 4.55. The lowest BCUT2D eigenvalue weighted by Gasteiger charge is -2.39. The summed E-state index contributed by atoms with van der Waals surface area (Å²) in [5.41, 5.74) is -0.0843. The van der Waals surface area contributed by atoms with Gasteiger partial charge in [-0.3, -0.25) is 4.68 Å². The third-order valence-electron chi connectivity index (χ3n) is 5.99. The molecule has 0 amide bonds. The molecule has 10 heteroatoms. The van der Waals surface area contributed by atoms with Crippen molar-refractivity contribution >= 4 is 22.7 Å². The number of hydrogen-bond acceptors (Lipinski definition) is 6. The van der Waals surface area contributed by atoms with Crippen LogP contribution in [0.2, 0.25) is 0 Å². The average molecular weight is 403 g/mol. The van der Waals surface area contributed by atoms with Gasteiger partial charge in [0.25, 0.3) is 0 Å². The number of nitrogens with zero attached hydrogens (tertiary/aromatic N) is 7. The Hall–Kier alpha value is -2.91. The molecule has 0 spiro atoms. The van der Waals surface area contributed by atoms with E-state index in [1.807, 2.05) is 11.9 Å². The van der Waals surface area contributed by atoms with Crippen LogP contribution in [0, 0.1) is 5.92 Å². The molecule has 2 aliphatic rings. The zero-order chi connectivity index (χ0) is 20.2. The van der Waals surface area contributed by atoms with Crippen molar-refractivity contribution in [3.63, 3.8) is 0 Å². The molecule has 2 fully saturated rings. The van der Waals surface area contributed by atoms with Gasteiger partial charge in [-0.2, -0.15) is 18.3 Å². The van der Waals surface area contributed by atoms with Crippen molar-refractivity contribution in [3.8, 4) is 0 Å². The van der Waals surface area contributed by atoms with Crippen molar-refractivity contribution < 1.29 is 13.2 Å². The van der Waals surface area contributed by atoms with Gasteiger partial charge in [0.2, 0.25) is 0 Å². The Morgan fingerprint density at radius 2 is 1.93 bits per heavy atom. The van der Waals surface area contributed by atoms with E-state index in [9.17, 15) is 13.2 Å². The number of anilines is 2. The minimum absolute atomic E-state index is 0.165. The summed E-state index contributed by atoms with van der Waals surface area (Å²) >= 11 is 0. The highest BCUT2D eigenvalue weighted by Crippen LogP contribution is 2.38. The van der Waals surface area contributed by atoms with Crippen molar-refractivity contribution in [2.24, 2.45) is 13.0 Å². The first-order chi connectivity index (χ1) is 13.9. The normalized spacial score (nSPS) is 22.3. The molecule has 5 rings (SSSR count). The lowest BCUT2D eigenvalue weighted by molar-refractivity contribution is -0.141. The van der Waals surface area contributed by atoms with E-state index in [0.717, 1.165) is 42.3 Å². The molecule has 2 aliphatic heterocycles. The molecule has 0 saturated carbocycles. The Labute approximate surface area is 165 Å². The third kappa shape index (κ3) is 3.06. The molecule has 2 saturated heterocycles. The van der Waals surface area contributed by atoms with Crippen LogP contribution in [-0.4, -0.2) is 50.4 Å². The highest BCUT2D eigenvalue weighted by atomic mass is 19.4. The van der Waals surface area contributed by atoms with Gasteiger partial charge in [0, 0.05) is 26.7 Å². The molecule has 3 aromatic rings. The SMILES string of the molecule is Cn1ncc2c(N3CCC4CCN(c5cccc(C(F)(F)F)n5)CC43)ncnc21. The van der Waals surface area contributed by atoms with Crippen LogP contribution in [-0.2, 0) is 13.2 Å². The summed E-state index contributed by atoms with van der Waals surface area (Å²) < 4.78 is 40.9. The van der Waals surface area contributed by atoms with Crippen molar-refractivity contribution in [2.45, 2.75) is 25.1 Å². The van der Waals surface area contributed by atoms with Gasteiger partial charge < -0.3 is 9.80 Å². The van der Waals surface area contributed by atoms with Crippen LogP contribution in [0.3, 0.4) is 0 Å². The molecule has 29 heavy (non-hydrogen) atoms. The van der Waals surface area contributed by atoms with E-state index in [0.29, 0.717) is 24.8 Å². The number of aryl methyl sites for hydroxylation is 1. The number of fused-ring (bicyclic) bond motifs is 2. The minimum atomic E-state index is -4.44. The van der Waals surface area contributed by atoms with E-state index in [2.05, 4.69) is 25.0 Å². The predicted octanol–water partition coefficient (Wildman–Crippen LogP) is 2.88. The maximum Gasteiger partial charge on any atom is 0.433 e. The minimum Gasteiger partial charge on any atom is -0.355 e. The first-order valence-corrected chi connectivity index (χ1v) is 9.60. The first-order valence-electron chi connectivity index (χ1n) is 9.60. The van der Waals surface area contributed by atoms with Gasteiger partial charge in [0.05, 0.1) is 17.6 Å².